The van der Waals surface area contributed by atoms with Crippen molar-refractivity contribution >= 4 is 5.91 Å². The molecule has 1 aliphatic heterocycles. The number of carbonyl (C=O) groups is 1. The van der Waals surface area contributed by atoms with Crippen LogP contribution < -0.4 is 10.1 Å². The van der Waals surface area contributed by atoms with E-state index in [2.05, 4.69) is 12.2 Å². The van der Waals surface area contributed by atoms with E-state index in [1.165, 1.54) is 12.1 Å². The molecule has 23 heavy (non-hydrogen) atoms. The second-order valence-corrected chi connectivity index (χ2v) is 6.39. The molecule has 1 aliphatic rings. The Kier molecular flexibility index (Phi) is 6.84. The highest BCUT2D eigenvalue weighted by molar-refractivity contribution is 5.76. The molecule has 1 amide bonds. The smallest absolute Gasteiger partial charge is 0.222 e. The Bertz CT molecular complexity index is 486. The van der Waals surface area contributed by atoms with Crippen molar-refractivity contribution in [1.29, 1.82) is 0 Å². The average Bonchev–Trinajstić information content (AvgIpc) is 2.57. The van der Waals surface area contributed by atoms with Crippen molar-refractivity contribution in [2.24, 2.45) is 11.8 Å². The average molecular weight is 322 g/mol. The van der Waals surface area contributed by atoms with Gasteiger partial charge < -0.3 is 15.0 Å². The van der Waals surface area contributed by atoms with Gasteiger partial charge in [-0.2, -0.15) is 0 Å². The van der Waals surface area contributed by atoms with Gasteiger partial charge in [0.05, 0.1) is 6.54 Å². The Morgan fingerprint density at radius 2 is 2.00 bits per heavy atom. The maximum Gasteiger partial charge on any atom is 0.222 e. The molecule has 1 heterocycles. The van der Waals surface area contributed by atoms with E-state index in [4.69, 9.17) is 4.74 Å². The number of halogens is 1. The number of carbonyl (C=O) groups excluding carboxylic acids is 1. The quantitative estimate of drug-likeness (QED) is 0.839. The zero-order valence-electron chi connectivity index (χ0n) is 14.1. The summed E-state index contributed by atoms with van der Waals surface area (Å²) in [6.45, 7) is 5.25. The third-order valence-corrected chi connectivity index (χ3v) is 4.62. The van der Waals surface area contributed by atoms with Crippen molar-refractivity contribution < 1.29 is 13.9 Å². The first-order chi connectivity index (χ1) is 11.1. The van der Waals surface area contributed by atoms with Crippen LogP contribution in [0.3, 0.4) is 0 Å². The minimum atomic E-state index is -0.281. The normalized spacial score (nSPS) is 16.8. The topological polar surface area (TPSA) is 41.6 Å². The van der Waals surface area contributed by atoms with Crippen molar-refractivity contribution in [1.82, 2.24) is 10.2 Å². The maximum absolute atomic E-state index is 12.8. The van der Waals surface area contributed by atoms with E-state index in [0.29, 0.717) is 37.2 Å². The monoisotopic (exact) mass is 322 g/mol. The third-order valence-electron chi connectivity index (χ3n) is 4.62. The van der Waals surface area contributed by atoms with Crippen LogP contribution in [0.4, 0.5) is 4.39 Å². The molecule has 0 aromatic heterocycles. The van der Waals surface area contributed by atoms with Crippen molar-refractivity contribution in [3.05, 3.63) is 30.1 Å². The first-order valence-corrected chi connectivity index (χ1v) is 8.39. The molecule has 1 unspecified atom stereocenters. The van der Waals surface area contributed by atoms with E-state index < -0.39 is 0 Å². The minimum Gasteiger partial charge on any atom is -0.492 e. The summed E-state index contributed by atoms with van der Waals surface area (Å²) in [4.78, 5) is 14.0. The molecule has 0 aliphatic carbocycles. The minimum absolute atomic E-state index is 0.165. The van der Waals surface area contributed by atoms with Crippen LogP contribution in [-0.2, 0) is 4.79 Å². The summed E-state index contributed by atoms with van der Waals surface area (Å²) in [6.07, 6.45) is 2.91. The number of amides is 1. The number of rotatable bonds is 7. The highest BCUT2D eigenvalue weighted by Crippen LogP contribution is 2.24. The van der Waals surface area contributed by atoms with E-state index in [9.17, 15) is 9.18 Å². The lowest BCUT2D eigenvalue weighted by Crippen LogP contribution is -2.35. The molecule has 128 valence electrons. The summed E-state index contributed by atoms with van der Waals surface area (Å²) >= 11 is 0. The van der Waals surface area contributed by atoms with E-state index in [1.54, 1.807) is 17.0 Å². The fourth-order valence-electron chi connectivity index (χ4n) is 2.97. The van der Waals surface area contributed by atoms with E-state index in [1.807, 2.05) is 7.05 Å². The Labute approximate surface area is 138 Å². The zero-order valence-corrected chi connectivity index (χ0v) is 14.1. The first kappa shape index (κ1) is 17.7. The Balaban J connectivity index is 1.68. The lowest BCUT2D eigenvalue weighted by Gasteiger charge is -2.29. The molecule has 0 spiro atoms. The number of ether oxygens (including phenoxy) is 1. The number of hydrogen-bond acceptors (Lipinski definition) is 3. The van der Waals surface area contributed by atoms with Crippen LogP contribution in [-0.4, -0.2) is 44.1 Å². The predicted molar refractivity (Wildman–Crippen MR) is 88.9 cm³/mol. The molecule has 0 saturated carbocycles. The van der Waals surface area contributed by atoms with Gasteiger partial charge in [0, 0.05) is 13.5 Å². The highest BCUT2D eigenvalue weighted by atomic mass is 19.1. The van der Waals surface area contributed by atoms with Crippen molar-refractivity contribution in [3.63, 3.8) is 0 Å². The molecule has 5 heteroatoms. The molecular weight excluding hydrogens is 295 g/mol. The second-order valence-electron chi connectivity index (χ2n) is 6.39. The number of piperidine rings is 1. The number of hydrogen-bond donors (Lipinski definition) is 1. The number of nitrogens with one attached hydrogen (secondary N) is 1. The third kappa shape index (κ3) is 5.82. The Morgan fingerprint density at radius 3 is 2.65 bits per heavy atom. The van der Waals surface area contributed by atoms with Crippen LogP contribution in [0.5, 0.6) is 5.75 Å². The van der Waals surface area contributed by atoms with Gasteiger partial charge in [0.25, 0.3) is 0 Å². The van der Waals surface area contributed by atoms with Gasteiger partial charge in [0.15, 0.2) is 0 Å². The number of likely N-dealkylation sites (N-methyl/N-ethyl adjacent to an activating group) is 1. The van der Waals surface area contributed by atoms with Crippen LogP contribution in [0.15, 0.2) is 24.3 Å². The molecule has 0 radical (unpaired) electrons. The molecule has 1 N–H and O–H groups in total. The van der Waals surface area contributed by atoms with Gasteiger partial charge in [-0.3, -0.25) is 4.79 Å². The van der Waals surface area contributed by atoms with Crippen LogP contribution in [0.2, 0.25) is 0 Å². The van der Waals surface area contributed by atoms with Crippen molar-refractivity contribution in [2.45, 2.75) is 26.2 Å². The van der Waals surface area contributed by atoms with Gasteiger partial charge in [0.2, 0.25) is 5.91 Å². The number of benzene rings is 1. The molecule has 1 fully saturated rings. The molecule has 1 atom stereocenters. The van der Waals surface area contributed by atoms with Gasteiger partial charge >= 0.3 is 0 Å². The highest BCUT2D eigenvalue weighted by Gasteiger charge is 2.23. The summed E-state index contributed by atoms with van der Waals surface area (Å²) in [5.74, 6) is 1.57. The fraction of sp³-hybridized carbons (Fsp3) is 0.611. The van der Waals surface area contributed by atoms with Gasteiger partial charge in [0.1, 0.15) is 18.2 Å². The van der Waals surface area contributed by atoms with Crippen LogP contribution >= 0.6 is 0 Å². The Hall–Kier alpha value is -1.62. The summed E-state index contributed by atoms with van der Waals surface area (Å²) in [5, 5.41) is 3.36. The van der Waals surface area contributed by atoms with Crippen LogP contribution in [0.1, 0.15) is 26.2 Å². The van der Waals surface area contributed by atoms with Crippen molar-refractivity contribution in [3.8, 4) is 5.75 Å². The van der Waals surface area contributed by atoms with E-state index in [-0.39, 0.29) is 11.7 Å². The van der Waals surface area contributed by atoms with Crippen molar-refractivity contribution in [2.75, 3.05) is 33.3 Å². The molecule has 1 aromatic carbocycles. The zero-order chi connectivity index (χ0) is 16.7. The molecule has 2 rings (SSSR count). The summed E-state index contributed by atoms with van der Waals surface area (Å²) in [7, 11) is 1.81. The second kappa shape index (κ2) is 8.87. The molecular formula is C18H27FN2O2. The maximum atomic E-state index is 12.8. The van der Waals surface area contributed by atoms with Gasteiger partial charge in [-0.05, 0) is 62.0 Å². The largest absolute Gasteiger partial charge is 0.492 e. The molecule has 1 saturated heterocycles. The SMILES string of the molecule is CC(CC(=O)N(C)CCOc1ccc(F)cc1)C1CCNCC1. The molecule has 0 bridgehead atoms. The lowest BCUT2D eigenvalue weighted by atomic mass is 9.84. The first-order valence-electron chi connectivity index (χ1n) is 8.39. The van der Waals surface area contributed by atoms with Crippen LogP contribution in [0, 0.1) is 17.7 Å². The summed E-state index contributed by atoms with van der Waals surface area (Å²) < 4.78 is 18.3. The molecule has 1 aromatic rings. The van der Waals surface area contributed by atoms with Gasteiger partial charge in [-0.1, -0.05) is 6.92 Å². The number of nitrogens with zero attached hydrogens (tertiary/aromatic N) is 1. The van der Waals surface area contributed by atoms with Gasteiger partial charge in [-0.25, -0.2) is 4.39 Å². The summed E-state index contributed by atoms with van der Waals surface area (Å²) in [5.41, 5.74) is 0. The standard InChI is InChI=1S/C18H27FN2O2/c1-14(15-7-9-20-10-8-15)13-18(22)21(2)11-12-23-17-5-3-16(19)4-6-17/h3-6,14-15,20H,7-13H2,1-2H3. The fourth-order valence-corrected chi connectivity index (χ4v) is 2.97. The molecule has 4 nitrogen and oxygen atoms in total. The van der Waals surface area contributed by atoms with E-state index >= 15 is 0 Å². The Morgan fingerprint density at radius 1 is 1.35 bits per heavy atom. The van der Waals surface area contributed by atoms with E-state index in [0.717, 1.165) is 25.9 Å². The lowest BCUT2D eigenvalue weighted by molar-refractivity contribution is -0.131. The summed E-state index contributed by atoms with van der Waals surface area (Å²) in [6, 6.07) is 5.92. The van der Waals surface area contributed by atoms with Gasteiger partial charge in [-0.15, -0.1) is 0 Å². The predicted octanol–water partition coefficient (Wildman–Crippen LogP) is 2.69. The van der Waals surface area contributed by atoms with Crippen LogP contribution in [0.25, 0.3) is 0 Å².